The Labute approximate surface area is 82.9 Å². The van der Waals surface area contributed by atoms with E-state index in [0.29, 0.717) is 13.1 Å². The monoisotopic (exact) mass is 212 g/mol. The Kier molecular flexibility index (Phi) is 3.15. The van der Waals surface area contributed by atoms with Gasteiger partial charge in [0.25, 0.3) is 5.92 Å². The van der Waals surface area contributed by atoms with Crippen molar-refractivity contribution in [1.82, 2.24) is 10.6 Å². The van der Waals surface area contributed by atoms with Crippen molar-refractivity contribution in [3.05, 3.63) is 0 Å². The molecular weight excluding hydrogens is 198 g/mol. The number of alkyl halides is 2. The zero-order chi connectivity index (χ0) is 8.66. The lowest BCUT2D eigenvalue weighted by molar-refractivity contribution is -0.0593. The van der Waals surface area contributed by atoms with E-state index in [1.54, 1.807) is 0 Å². The van der Waals surface area contributed by atoms with Crippen molar-refractivity contribution in [2.24, 2.45) is 0 Å². The summed E-state index contributed by atoms with van der Waals surface area (Å²) < 4.78 is 26.1. The molecule has 0 aromatic carbocycles. The topological polar surface area (TPSA) is 24.1 Å². The van der Waals surface area contributed by atoms with Crippen molar-refractivity contribution in [2.75, 3.05) is 19.6 Å². The summed E-state index contributed by atoms with van der Waals surface area (Å²) in [5.41, 5.74) is -0.304. The molecule has 0 radical (unpaired) electrons. The highest BCUT2D eigenvalue weighted by atomic mass is 35.5. The van der Waals surface area contributed by atoms with Gasteiger partial charge in [-0.2, -0.15) is 0 Å². The Morgan fingerprint density at radius 3 is 2.38 bits per heavy atom. The van der Waals surface area contributed by atoms with Crippen LogP contribution in [-0.4, -0.2) is 31.1 Å². The molecule has 2 nitrogen and oxygen atoms in total. The summed E-state index contributed by atoms with van der Waals surface area (Å²) in [5.74, 6) is -2.45. The third-order valence-electron chi connectivity index (χ3n) is 2.83. The highest BCUT2D eigenvalue weighted by Crippen LogP contribution is 2.35. The first-order valence-electron chi connectivity index (χ1n) is 4.46. The van der Waals surface area contributed by atoms with Gasteiger partial charge in [-0.15, -0.1) is 12.4 Å². The van der Waals surface area contributed by atoms with Crippen LogP contribution in [0.4, 0.5) is 8.78 Å². The van der Waals surface area contributed by atoms with Crippen molar-refractivity contribution < 1.29 is 8.78 Å². The second-order valence-corrected chi connectivity index (χ2v) is 3.92. The minimum atomic E-state index is -2.45. The van der Waals surface area contributed by atoms with Crippen LogP contribution in [0.5, 0.6) is 0 Å². The van der Waals surface area contributed by atoms with Crippen molar-refractivity contribution >= 4 is 12.4 Å². The molecule has 78 valence electrons. The van der Waals surface area contributed by atoms with Gasteiger partial charge in [0.2, 0.25) is 0 Å². The third kappa shape index (κ3) is 2.30. The minimum Gasteiger partial charge on any atom is -0.315 e. The van der Waals surface area contributed by atoms with Gasteiger partial charge in [-0.1, -0.05) is 0 Å². The fraction of sp³-hybridized carbons (Fsp3) is 1.00. The number of halogens is 3. The van der Waals surface area contributed by atoms with Gasteiger partial charge in [0.15, 0.2) is 0 Å². The molecule has 0 amide bonds. The molecule has 0 aromatic rings. The molecule has 2 heterocycles. The fourth-order valence-corrected chi connectivity index (χ4v) is 2.20. The van der Waals surface area contributed by atoms with Gasteiger partial charge in [-0.25, -0.2) is 8.78 Å². The first-order valence-corrected chi connectivity index (χ1v) is 4.46. The van der Waals surface area contributed by atoms with E-state index in [1.807, 2.05) is 0 Å². The Morgan fingerprint density at radius 2 is 1.85 bits per heavy atom. The van der Waals surface area contributed by atoms with Crippen LogP contribution in [0.15, 0.2) is 0 Å². The molecule has 2 aliphatic heterocycles. The number of hydrogen-bond acceptors (Lipinski definition) is 2. The largest absolute Gasteiger partial charge is 0.315 e. The maximum Gasteiger partial charge on any atom is 0.251 e. The van der Waals surface area contributed by atoms with Crippen LogP contribution in [0.3, 0.4) is 0 Å². The average molecular weight is 213 g/mol. The van der Waals surface area contributed by atoms with Gasteiger partial charge >= 0.3 is 0 Å². The van der Waals surface area contributed by atoms with E-state index < -0.39 is 5.92 Å². The maximum atomic E-state index is 13.0. The van der Waals surface area contributed by atoms with Crippen LogP contribution in [0.25, 0.3) is 0 Å². The molecule has 5 heteroatoms. The Balaban J connectivity index is 0.000000845. The first kappa shape index (κ1) is 11.1. The van der Waals surface area contributed by atoms with Gasteiger partial charge < -0.3 is 10.6 Å². The van der Waals surface area contributed by atoms with Gasteiger partial charge in [0.1, 0.15) is 0 Å². The zero-order valence-electron chi connectivity index (χ0n) is 7.41. The van der Waals surface area contributed by atoms with Crippen molar-refractivity contribution in [2.45, 2.75) is 30.7 Å². The molecule has 0 aliphatic carbocycles. The van der Waals surface area contributed by atoms with Crippen LogP contribution >= 0.6 is 12.4 Å². The first-order chi connectivity index (χ1) is 5.62. The van der Waals surface area contributed by atoms with E-state index in [2.05, 4.69) is 10.6 Å². The number of nitrogens with one attached hydrogen (secondary N) is 2. The highest BCUT2D eigenvalue weighted by molar-refractivity contribution is 5.85. The van der Waals surface area contributed by atoms with Crippen LogP contribution in [0, 0.1) is 0 Å². The summed E-state index contributed by atoms with van der Waals surface area (Å²) >= 11 is 0. The molecule has 13 heavy (non-hydrogen) atoms. The van der Waals surface area contributed by atoms with E-state index in [1.165, 1.54) is 0 Å². The molecule has 2 N–H and O–H groups in total. The van der Waals surface area contributed by atoms with Crippen molar-refractivity contribution in [1.29, 1.82) is 0 Å². The fourth-order valence-electron chi connectivity index (χ4n) is 2.20. The van der Waals surface area contributed by atoms with Gasteiger partial charge in [-0.05, 0) is 13.0 Å². The summed E-state index contributed by atoms with van der Waals surface area (Å²) in [6.45, 7) is 2.01. The van der Waals surface area contributed by atoms with Crippen molar-refractivity contribution in [3.8, 4) is 0 Å². The van der Waals surface area contributed by atoms with Gasteiger partial charge in [0.05, 0.1) is 0 Å². The Bertz CT molecular complexity index is 181. The Morgan fingerprint density at radius 1 is 1.08 bits per heavy atom. The molecule has 1 atom stereocenters. The summed E-state index contributed by atoms with van der Waals surface area (Å²) in [6, 6.07) is 0. The van der Waals surface area contributed by atoms with Gasteiger partial charge in [-0.3, -0.25) is 0 Å². The zero-order valence-corrected chi connectivity index (χ0v) is 8.22. The minimum absolute atomic E-state index is 0. The van der Waals surface area contributed by atoms with E-state index in [4.69, 9.17) is 0 Å². The smallest absolute Gasteiger partial charge is 0.251 e. The molecule has 2 fully saturated rings. The lowest BCUT2D eigenvalue weighted by Crippen LogP contribution is -2.55. The normalized spacial score (nSPS) is 37.4. The second kappa shape index (κ2) is 3.67. The van der Waals surface area contributed by atoms with Crippen LogP contribution in [0.1, 0.15) is 19.3 Å². The quantitative estimate of drug-likeness (QED) is 0.630. The van der Waals surface area contributed by atoms with E-state index in [-0.39, 0.29) is 30.8 Å². The van der Waals surface area contributed by atoms with Crippen LogP contribution in [0.2, 0.25) is 0 Å². The lowest BCUT2D eigenvalue weighted by atomic mass is 9.86. The molecule has 0 aromatic heterocycles. The average Bonchev–Trinajstić information content (AvgIpc) is 2.34. The summed E-state index contributed by atoms with van der Waals surface area (Å²) in [4.78, 5) is 0. The molecule has 0 bridgehead atoms. The van der Waals surface area contributed by atoms with Gasteiger partial charge in [0, 0.05) is 31.5 Å². The molecule has 1 spiro atoms. The maximum absolute atomic E-state index is 13.0. The summed E-state index contributed by atoms with van der Waals surface area (Å²) in [5, 5.41) is 6.33. The van der Waals surface area contributed by atoms with E-state index in [9.17, 15) is 8.78 Å². The number of piperidine rings is 1. The number of rotatable bonds is 0. The van der Waals surface area contributed by atoms with Crippen LogP contribution < -0.4 is 10.6 Å². The second-order valence-electron chi connectivity index (χ2n) is 3.92. The summed E-state index contributed by atoms with van der Waals surface area (Å²) in [6.07, 6.45) is 0.838. The third-order valence-corrected chi connectivity index (χ3v) is 2.83. The SMILES string of the molecule is Cl.FC1(F)CCNC2(CCNC2)C1. The van der Waals surface area contributed by atoms with E-state index in [0.717, 1.165) is 13.0 Å². The molecule has 0 saturated carbocycles. The highest BCUT2D eigenvalue weighted by Gasteiger charge is 2.46. The predicted octanol–water partition coefficient (Wildman–Crippen LogP) is 1.16. The van der Waals surface area contributed by atoms with Crippen molar-refractivity contribution in [3.63, 3.8) is 0 Å². The number of hydrogen-bond donors (Lipinski definition) is 2. The van der Waals surface area contributed by atoms with E-state index >= 15 is 0 Å². The molecule has 1 unspecified atom stereocenters. The Hall–Kier alpha value is 0.0700. The standard InChI is InChI=1S/C8H14F2N2.ClH/c9-8(10)2-4-12-7(5-8)1-3-11-6-7;/h11-12H,1-6H2;1H. The molecule has 2 aliphatic rings. The molecular formula is C8H15ClF2N2. The molecule has 2 rings (SSSR count). The lowest BCUT2D eigenvalue weighted by Gasteiger charge is -2.38. The predicted molar refractivity (Wildman–Crippen MR) is 49.6 cm³/mol. The summed E-state index contributed by atoms with van der Waals surface area (Å²) in [7, 11) is 0. The molecule has 2 saturated heterocycles. The van der Waals surface area contributed by atoms with Crippen LogP contribution in [-0.2, 0) is 0 Å².